The smallest absolute Gasteiger partial charge is 0.266 e. The number of benzene rings is 2. The molecule has 0 bridgehead atoms. The van der Waals surface area contributed by atoms with E-state index in [0.29, 0.717) is 18.4 Å². The predicted molar refractivity (Wildman–Crippen MR) is 155 cm³/mol. The van der Waals surface area contributed by atoms with E-state index in [4.69, 9.17) is 15.6 Å². The van der Waals surface area contributed by atoms with E-state index in [1.807, 2.05) is 36.4 Å². The number of rotatable bonds is 7. The lowest BCUT2D eigenvalue weighted by Crippen LogP contribution is -2.24. The molecule has 214 valence electrons. The topological polar surface area (TPSA) is 193 Å². The Balaban J connectivity index is 1.47. The van der Waals surface area contributed by atoms with Crippen LogP contribution in [0.25, 0.3) is 10.8 Å². The van der Waals surface area contributed by atoms with Crippen molar-refractivity contribution in [3.63, 3.8) is 0 Å². The van der Waals surface area contributed by atoms with Crippen LogP contribution in [0.4, 0.5) is 11.4 Å². The zero-order valence-electron chi connectivity index (χ0n) is 22.5. The Hall–Kier alpha value is -6.04. The first-order valence-corrected chi connectivity index (χ1v) is 13.2. The molecule has 0 spiro atoms. The number of hydrogen-bond donors (Lipinski definition) is 6. The molecule has 3 aliphatic carbocycles. The summed E-state index contributed by atoms with van der Waals surface area (Å²) in [5.41, 5.74) is 2.52. The number of carbonyl (C=O) groups excluding carboxylic acids is 1. The molecule has 3 aromatic rings. The van der Waals surface area contributed by atoms with Gasteiger partial charge in [0.05, 0.1) is 37.6 Å². The van der Waals surface area contributed by atoms with Gasteiger partial charge < -0.3 is 30.9 Å². The summed E-state index contributed by atoms with van der Waals surface area (Å²) in [6.07, 6.45) is 6.45. The molecule has 0 saturated heterocycles. The van der Waals surface area contributed by atoms with Gasteiger partial charge in [0, 0.05) is 5.57 Å². The van der Waals surface area contributed by atoms with E-state index in [0.717, 1.165) is 10.2 Å². The van der Waals surface area contributed by atoms with Gasteiger partial charge in [-0.1, -0.05) is 48.6 Å². The zero-order valence-corrected chi connectivity index (χ0v) is 22.5. The molecule has 1 amide bonds. The van der Waals surface area contributed by atoms with E-state index < -0.39 is 34.5 Å². The molecule has 1 heterocycles. The number of aromatic hydroxyl groups is 3. The zero-order chi connectivity index (χ0) is 30.2. The fourth-order valence-corrected chi connectivity index (χ4v) is 4.98. The van der Waals surface area contributed by atoms with Crippen LogP contribution in [0.5, 0.6) is 23.3 Å². The highest BCUT2D eigenvalue weighted by Crippen LogP contribution is 2.46. The van der Waals surface area contributed by atoms with Crippen molar-refractivity contribution in [1.82, 2.24) is 4.68 Å². The molecule has 6 N–H and O–H groups in total. The van der Waals surface area contributed by atoms with Gasteiger partial charge in [0.25, 0.3) is 5.91 Å². The van der Waals surface area contributed by atoms with Crippen LogP contribution in [0.3, 0.4) is 0 Å². The van der Waals surface area contributed by atoms with Gasteiger partial charge in [0.1, 0.15) is 12.4 Å². The molecule has 0 saturated carbocycles. The summed E-state index contributed by atoms with van der Waals surface area (Å²) in [5.74, 6) is -2.06. The molecule has 0 atom stereocenters. The van der Waals surface area contributed by atoms with E-state index in [2.05, 4.69) is 15.7 Å². The lowest BCUT2D eigenvalue weighted by molar-refractivity contribution is -0.114. The van der Waals surface area contributed by atoms with Crippen LogP contribution in [0.1, 0.15) is 18.4 Å². The van der Waals surface area contributed by atoms with E-state index >= 15 is 0 Å². The monoisotopic (exact) mass is 576 g/mol. The van der Waals surface area contributed by atoms with Gasteiger partial charge >= 0.3 is 0 Å². The third-order valence-electron chi connectivity index (χ3n) is 7.14. The van der Waals surface area contributed by atoms with E-state index in [-0.39, 0.29) is 50.0 Å². The van der Waals surface area contributed by atoms with Gasteiger partial charge in [-0.3, -0.25) is 15.0 Å². The largest absolute Gasteiger partial charge is 0.505 e. The number of allylic oxidation sites excluding steroid dienone is 3. The maximum Gasteiger partial charge on any atom is 0.266 e. The highest BCUT2D eigenvalue weighted by Gasteiger charge is 2.26. The third-order valence-corrected chi connectivity index (χ3v) is 7.14. The SMILES string of the molecule is N=c1ccc(=N)c2c(=O)c(N=Nc3ccc(OCc4ccccc4)c4c(O)n(NC(=O)C5=CC=CCC5)c(O)c34)c(O)c1=2. The Morgan fingerprint density at radius 1 is 0.930 bits per heavy atom. The van der Waals surface area contributed by atoms with Crippen molar-refractivity contribution < 1.29 is 24.9 Å². The second-order valence-corrected chi connectivity index (χ2v) is 9.83. The van der Waals surface area contributed by atoms with Gasteiger partial charge in [-0.05, 0) is 42.7 Å². The van der Waals surface area contributed by atoms with Crippen molar-refractivity contribution in [1.29, 1.82) is 10.8 Å². The summed E-state index contributed by atoms with van der Waals surface area (Å²) in [6, 6.07) is 14.8. The summed E-state index contributed by atoms with van der Waals surface area (Å²) < 4.78 is 6.79. The highest BCUT2D eigenvalue weighted by molar-refractivity contribution is 6.06. The maximum atomic E-state index is 13.0. The van der Waals surface area contributed by atoms with Crippen LogP contribution in [-0.4, -0.2) is 25.9 Å². The van der Waals surface area contributed by atoms with Crippen LogP contribution < -0.4 is 26.3 Å². The van der Waals surface area contributed by atoms with Gasteiger partial charge in [0.2, 0.25) is 17.2 Å². The second-order valence-electron chi connectivity index (χ2n) is 9.83. The lowest BCUT2D eigenvalue weighted by Gasteiger charge is -2.12. The quantitative estimate of drug-likeness (QED) is 0.158. The Morgan fingerprint density at radius 3 is 2.35 bits per heavy atom. The number of nitrogens with zero attached hydrogens (tertiary/aromatic N) is 3. The minimum absolute atomic E-state index is 0.0174. The molecule has 2 aromatic carbocycles. The van der Waals surface area contributed by atoms with Crippen molar-refractivity contribution in [3.8, 4) is 23.3 Å². The van der Waals surface area contributed by atoms with Crippen LogP contribution in [0.2, 0.25) is 0 Å². The highest BCUT2D eigenvalue weighted by atomic mass is 16.5. The Kier molecular flexibility index (Phi) is 6.78. The fourth-order valence-electron chi connectivity index (χ4n) is 4.98. The molecule has 12 nitrogen and oxygen atoms in total. The van der Waals surface area contributed by atoms with Crippen molar-refractivity contribution in [3.05, 3.63) is 115 Å². The van der Waals surface area contributed by atoms with E-state index in [1.165, 1.54) is 24.3 Å². The van der Waals surface area contributed by atoms with E-state index in [1.54, 1.807) is 12.2 Å². The number of azo groups is 1. The van der Waals surface area contributed by atoms with Crippen LogP contribution >= 0.6 is 0 Å². The fraction of sp³-hybridized carbons (Fsp3) is 0.0968. The van der Waals surface area contributed by atoms with Gasteiger partial charge in [-0.25, -0.2) is 0 Å². The molecule has 43 heavy (non-hydrogen) atoms. The molecule has 12 heteroatoms. The van der Waals surface area contributed by atoms with Gasteiger partial charge in [0.15, 0.2) is 11.4 Å². The number of hydrogen-bond acceptors (Lipinski definition) is 10. The molecule has 0 aliphatic heterocycles. The summed E-state index contributed by atoms with van der Waals surface area (Å²) in [5, 5.41) is 56.6. The van der Waals surface area contributed by atoms with Crippen molar-refractivity contribution in [2.45, 2.75) is 19.4 Å². The number of aromatic nitrogens is 1. The third kappa shape index (κ3) is 4.70. The number of nitrogens with one attached hydrogen (secondary N) is 3. The Morgan fingerprint density at radius 2 is 1.65 bits per heavy atom. The summed E-state index contributed by atoms with van der Waals surface area (Å²) >= 11 is 0. The molecular formula is C31H24N6O6. The number of amides is 1. The standard InChI is InChI=1S/C31H24N6O6/c32-18-11-12-19(33)23-22(18)27(38)26(28(23)39)35-34-20-13-14-21(43-15-16-7-3-1-4-8-16)25-24(20)30(41)37(31(25)42)36-29(40)17-9-5-2-6-10-17/h1-5,7-9,11-14,32-33,38,41-42H,6,10,15H2,(H,36,40). The predicted octanol–water partition coefficient (Wildman–Crippen LogP) is 4.02. The Bertz CT molecular complexity index is 2230. The summed E-state index contributed by atoms with van der Waals surface area (Å²) in [6.45, 7) is 0.131. The average Bonchev–Trinajstić information content (AvgIpc) is 3.43. The molecule has 0 fully saturated rings. The number of carbonyl (C=O) groups is 1. The molecule has 1 aromatic heterocycles. The summed E-state index contributed by atoms with van der Waals surface area (Å²) in [7, 11) is 0. The van der Waals surface area contributed by atoms with Crippen LogP contribution in [0, 0.1) is 21.3 Å². The number of ether oxygens (including phenoxy) is 1. The summed E-state index contributed by atoms with van der Waals surface area (Å²) in [4.78, 5) is 25.9. The average molecular weight is 577 g/mol. The first-order chi connectivity index (χ1) is 20.8. The first-order valence-electron chi connectivity index (χ1n) is 13.2. The van der Waals surface area contributed by atoms with Crippen molar-refractivity contribution in [2.75, 3.05) is 5.43 Å². The maximum absolute atomic E-state index is 13.0. The molecule has 0 radical (unpaired) electrons. The Labute approximate surface area is 242 Å². The van der Waals surface area contributed by atoms with E-state index in [9.17, 15) is 24.9 Å². The van der Waals surface area contributed by atoms with Crippen molar-refractivity contribution in [2.24, 2.45) is 10.2 Å². The minimum Gasteiger partial charge on any atom is -0.505 e. The molecule has 3 aliphatic rings. The molecular weight excluding hydrogens is 552 g/mol. The normalized spacial score (nSPS) is 13.2. The number of fused-ring (bicyclic) bond motifs is 1. The molecule has 6 rings (SSSR count). The minimum atomic E-state index is -0.777. The second kappa shape index (κ2) is 10.7. The van der Waals surface area contributed by atoms with Gasteiger partial charge in [-0.15, -0.1) is 10.2 Å². The molecule has 0 unspecified atom stereocenters. The van der Waals surface area contributed by atoms with Crippen LogP contribution in [0.15, 0.2) is 93.4 Å². The van der Waals surface area contributed by atoms with Crippen molar-refractivity contribution >= 4 is 28.1 Å². The first kappa shape index (κ1) is 27.1. The lowest BCUT2D eigenvalue weighted by atomic mass is 10.1. The van der Waals surface area contributed by atoms with Crippen LogP contribution in [-0.2, 0) is 11.4 Å². The van der Waals surface area contributed by atoms with Gasteiger partial charge in [-0.2, -0.15) is 4.68 Å².